The van der Waals surface area contributed by atoms with Crippen LogP contribution in [0.5, 0.6) is 0 Å². The van der Waals surface area contributed by atoms with Gasteiger partial charge in [-0.15, -0.1) is 0 Å². The first kappa shape index (κ1) is 21.9. The Hall–Kier alpha value is -2.97. The molecule has 2 fully saturated rings. The van der Waals surface area contributed by atoms with E-state index in [1.807, 2.05) is 12.1 Å². The highest BCUT2D eigenvalue weighted by Gasteiger charge is 2.35. The Morgan fingerprint density at radius 1 is 0.758 bits per heavy atom. The molecule has 174 valence electrons. The Balaban J connectivity index is 1.42. The van der Waals surface area contributed by atoms with Gasteiger partial charge in [0.2, 0.25) is 5.78 Å². The van der Waals surface area contributed by atoms with Crippen molar-refractivity contribution in [1.29, 1.82) is 0 Å². The molecule has 1 aromatic heterocycles. The molecule has 5 rings (SSSR count). The van der Waals surface area contributed by atoms with Gasteiger partial charge in [0.1, 0.15) is 0 Å². The molecule has 3 aliphatic rings. The zero-order valence-electron chi connectivity index (χ0n) is 18.9. The van der Waals surface area contributed by atoms with Gasteiger partial charge in [-0.05, 0) is 64.0 Å². The van der Waals surface area contributed by atoms with Gasteiger partial charge in [0.15, 0.2) is 18.2 Å². The van der Waals surface area contributed by atoms with E-state index >= 15 is 0 Å². The van der Waals surface area contributed by atoms with E-state index in [1.165, 1.54) is 44.1 Å². The van der Waals surface area contributed by atoms with Crippen LogP contribution in [0.2, 0.25) is 0 Å². The molecule has 2 saturated heterocycles. The maximum Gasteiger partial charge on any atom is 0.202 e. The molecule has 1 aliphatic carbocycles. The van der Waals surface area contributed by atoms with E-state index in [2.05, 4.69) is 20.4 Å². The first-order valence-electron chi connectivity index (χ1n) is 12.0. The van der Waals surface area contributed by atoms with Crippen molar-refractivity contribution in [3.63, 3.8) is 0 Å². The van der Waals surface area contributed by atoms with Crippen LogP contribution >= 0.6 is 0 Å². The highest BCUT2D eigenvalue weighted by atomic mass is 16.5. The standard InChI is InChI=1S/C25H31N5O3/c31-24-18-7-14-30(33)17-19(18)25(32)23-21(27-9-16-29-12-3-4-13-29)6-5-20(22(23)24)26-8-15-28-10-1-2-11-28/h5-7,14,17,26-27H,1-4,8-13,15-16H2. The van der Waals surface area contributed by atoms with Crippen LogP contribution in [0, 0.1) is 5.21 Å². The second kappa shape index (κ2) is 9.49. The largest absolute Gasteiger partial charge is 0.619 e. The van der Waals surface area contributed by atoms with Crippen LogP contribution in [0.15, 0.2) is 30.6 Å². The summed E-state index contributed by atoms with van der Waals surface area (Å²) in [4.78, 5) is 31.8. The van der Waals surface area contributed by atoms with Crippen LogP contribution in [-0.2, 0) is 0 Å². The van der Waals surface area contributed by atoms with Gasteiger partial charge in [-0.1, -0.05) is 0 Å². The summed E-state index contributed by atoms with van der Waals surface area (Å²) in [6.07, 6.45) is 7.40. The Labute approximate surface area is 194 Å². The maximum atomic E-state index is 13.5. The number of ketones is 2. The van der Waals surface area contributed by atoms with Crippen LogP contribution in [-0.4, -0.2) is 73.7 Å². The highest BCUT2D eigenvalue weighted by molar-refractivity contribution is 6.31. The van der Waals surface area contributed by atoms with Crippen LogP contribution in [0.1, 0.15) is 57.5 Å². The van der Waals surface area contributed by atoms with E-state index in [-0.39, 0.29) is 22.7 Å². The zero-order chi connectivity index (χ0) is 22.8. The van der Waals surface area contributed by atoms with Gasteiger partial charge in [-0.25, -0.2) is 0 Å². The molecule has 2 N–H and O–H groups in total. The molecule has 8 nitrogen and oxygen atoms in total. The number of nitrogens with zero attached hydrogens (tertiary/aromatic N) is 3. The van der Waals surface area contributed by atoms with Crippen molar-refractivity contribution in [3.8, 4) is 0 Å². The second-order valence-electron chi connectivity index (χ2n) is 9.15. The fraction of sp³-hybridized carbons (Fsp3) is 0.480. The molecule has 0 bridgehead atoms. The number of benzene rings is 1. The van der Waals surface area contributed by atoms with Crippen LogP contribution in [0.3, 0.4) is 0 Å². The first-order valence-corrected chi connectivity index (χ1v) is 12.0. The highest BCUT2D eigenvalue weighted by Crippen LogP contribution is 2.36. The number of nitrogens with one attached hydrogen (secondary N) is 2. The minimum absolute atomic E-state index is 0.168. The molecule has 33 heavy (non-hydrogen) atoms. The quantitative estimate of drug-likeness (QED) is 0.402. The molecule has 3 heterocycles. The summed E-state index contributed by atoms with van der Waals surface area (Å²) in [5.41, 5.74) is 2.56. The summed E-state index contributed by atoms with van der Waals surface area (Å²) in [6, 6.07) is 5.23. The van der Waals surface area contributed by atoms with Crippen LogP contribution in [0.25, 0.3) is 0 Å². The summed E-state index contributed by atoms with van der Waals surface area (Å²) >= 11 is 0. The van der Waals surface area contributed by atoms with Crippen molar-refractivity contribution in [2.45, 2.75) is 25.7 Å². The van der Waals surface area contributed by atoms with E-state index in [9.17, 15) is 14.8 Å². The van der Waals surface area contributed by atoms with Gasteiger partial charge in [0.05, 0.1) is 16.7 Å². The second-order valence-corrected chi connectivity index (χ2v) is 9.15. The number of fused-ring (bicyclic) bond motifs is 2. The molecule has 0 amide bonds. The smallest absolute Gasteiger partial charge is 0.202 e. The van der Waals surface area contributed by atoms with Crippen LogP contribution < -0.4 is 15.4 Å². The minimum atomic E-state index is -0.281. The first-order chi connectivity index (χ1) is 16.1. The van der Waals surface area contributed by atoms with Gasteiger partial charge in [0.25, 0.3) is 0 Å². The topological polar surface area (TPSA) is 91.6 Å². The van der Waals surface area contributed by atoms with Crippen LogP contribution in [0.4, 0.5) is 11.4 Å². The molecular weight excluding hydrogens is 418 g/mol. The van der Waals surface area contributed by atoms with Gasteiger partial charge in [-0.3, -0.25) is 9.59 Å². The zero-order valence-corrected chi connectivity index (χ0v) is 18.9. The number of anilines is 2. The third-order valence-electron chi connectivity index (χ3n) is 6.97. The van der Waals surface area contributed by atoms with Gasteiger partial charge < -0.3 is 25.6 Å². The molecule has 2 aromatic rings. The van der Waals surface area contributed by atoms with Crippen molar-refractivity contribution < 1.29 is 14.3 Å². The fourth-order valence-electron chi connectivity index (χ4n) is 5.20. The number of carbonyl (C=O) groups excluding carboxylic acids is 2. The number of carbonyl (C=O) groups is 2. The summed E-state index contributed by atoms with van der Waals surface area (Å²) < 4.78 is 0.577. The summed E-state index contributed by atoms with van der Waals surface area (Å²) in [5, 5.41) is 18.7. The van der Waals surface area contributed by atoms with Crippen molar-refractivity contribution in [3.05, 3.63) is 58.1 Å². The number of aromatic nitrogens is 1. The summed E-state index contributed by atoms with van der Waals surface area (Å²) in [5.74, 6) is -0.497. The summed E-state index contributed by atoms with van der Waals surface area (Å²) in [7, 11) is 0. The van der Waals surface area contributed by atoms with E-state index in [0.29, 0.717) is 40.3 Å². The molecule has 2 aliphatic heterocycles. The average Bonchev–Trinajstić information content (AvgIpc) is 3.52. The fourth-order valence-corrected chi connectivity index (χ4v) is 5.20. The number of rotatable bonds is 8. The Morgan fingerprint density at radius 2 is 1.24 bits per heavy atom. The Bertz CT molecular complexity index is 1060. The van der Waals surface area contributed by atoms with E-state index in [4.69, 9.17) is 0 Å². The number of hydrogen-bond acceptors (Lipinski definition) is 7. The predicted molar refractivity (Wildman–Crippen MR) is 127 cm³/mol. The molecule has 0 radical (unpaired) electrons. The van der Waals surface area contributed by atoms with E-state index in [1.54, 1.807) is 0 Å². The van der Waals surface area contributed by atoms with E-state index in [0.717, 1.165) is 39.3 Å². The molecule has 0 unspecified atom stereocenters. The van der Waals surface area contributed by atoms with Crippen molar-refractivity contribution in [2.75, 3.05) is 63.0 Å². The summed E-state index contributed by atoms with van der Waals surface area (Å²) in [6.45, 7) is 7.63. The van der Waals surface area contributed by atoms with Crippen molar-refractivity contribution in [1.82, 2.24) is 9.80 Å². The maximum absolute atomic E-state index is 13.5. The number of pyridine rings is 1. The average molecular weight is 450 g/mol. The van der Waals surface area contributed by atoms with Crippen molar-refractivity contribution >= 4 is 22.9 Å². The predicted octanol–water partition coefficient (Wildman–Crippen LogP) is 2.11. The van der Waals surface area contributed by atoms with Crippen molar-refractivity contribution in [2.24, 2.45) is 0 Å². The lowest BCUT2D eigenvalue weighted by Gasteiger charge is -2.24. The lowest BCUT2D eigenvalue weighted by molar-refractivity contribution is -0.605. The Morgan fingerprint density at radius 3 is 1.76 bits per heavy atom. The molecular formula is C25H31N5O3. The van der Waals surface area contributed by atoms with Gasteiger partial charge in [0, 0.05) is 49.2 Å². The molecule has 8 heteroatoms. The van der Waals surface area contributed by atoms with Gasteiger partial charge in [-0.2, -0.15) is 4.73 Å². The SMILES string of the molecule is O=C1c2cc[n+]([O-])cc2C(=O)c2c(NCCN3CCCC3)ccc(NCCN3CCCC3)c21. The molecule has 0 atom stereocenters. The normalized spacial score (nSPS) is 18.4. The van der Waals surface area contributed by atoms with Gasteiger partial charge >= 0.3 is 0 Å². The molecule has 1 aromatic carbocycles. The third-order valence-corrected chi connectivity index (χ3v) is 6.97. The third kappa shape index (κ3) is 4.45. The van der Waals surface area contributed by atoms with E-state index < -0.39 is 0 Å². The number of likely N-dealkylation sites (tertiary alicyclic amines) is 2. The lowest BCUT2D eigenvalue weighted by atomic mass is 9.83. The number of hydrogen-bond donors (Lipinski definition) is 2. The monoisotopic (exact) mass is 449 g/mol. The Kier molecular flexibility index (Phi) is 6.28. The molecule has 0 saturated carbocycles. The lowest BCUT2D eigenvalue weighted by Crippen LogP contribution is -2.32. The minimum Gasteiger partial charge on any atom is -0.619 e. The molecule has 0 spiro atoms.